The molecule has 1 aromatic rings. The van der Waals surface area contributed by atoms with Gasteiger partial charge in [-0.05, 0) is 63.7 Å². The van der Waals surface area contributed by atoms with Crippen LogP contribution in [-0.4, -0.2) is 23.5 Å². The Balaban J connectivity index is 2.37. The van der Waals surface area contributed by atoms with Gasteiger partial charge in [0.05, 0.1) is 0 Å². The molecule has 1 fully saturated rings. The molecule has 2 nitrogen and oxygen atoms in total. The number of hydrogen-bond donors (Lipinski definition) is 1. The number of benzene rings is 1. The molecule has 0 aliphatic carbocycles. The largest absolute Gasteiger partial charge is 0.322 e. The smallest absolute Gasteiger partial charge is 0.0484 e. The van der Waals surface area contributed by atoms with Crippen LogP contribution in [0.4, 0.5) is 0 Å². The van der Waals surface area contributed by atoms with Gasteiger partial charge in [0, 0.05) is 11.6 Å². The Labute approximate surface area is 124 Å². The van der Waals surface area contributed by atoms with Gasteiger partial charge in [0.1, 0.15) is 0 Å². The summed E-state index contributed by atoms with van der Waals surface area (Å²) in [6, 6.07) is 6.80. The van der Waals surface area contributed by atoms with E-state index in [9.17, 15) is 0 Å². The first-order valence-electron chi connectivity index (χ1n) is 8.13. The molecule has 112 valence electrons. The van der Waals surface area contributed by atoms with Gasteiger partial charge in [-0.3, -0.25) is 4.90 Å². The Kier molecular flexibility index (Phi) is 4.87. The lowest BCUT2D eigenvalue weighted by Crippen LogP contribution is -2.53. The first-order chi connectivity index (χ1) is 9.55. The maximum atomic E-state index is 6.78. The van der Waals surface area contributed by atoms with E-state index in [4.69, 9.17) is 5.73 Å². The van der Waals surface area contributed by atoms with Crippen molar-refractivity contribution in [2.45, 2.75) is 65.0 Å². The monoisotopic (exact) mass is 274 g/mol. The van der Waals surface area contributed by atoms with Crippen LogP contribution in [0, 0.1) is 13.8 Å². The highest BCUT2D eigenvalue weighted by Gasteiger charge is 2.41. The van der Waals surface area contributed by atoms with E-state index in [1.165, 1.54) is 42.6 Å². The van der Waals surface area contributed by atoms with Gasteiger partial charge in [-0.25, -0.2) is 0 Å². The molecular weight excluding hydrogens is 244 g/mol. The number of aryl methyl sites for hydroxylation is 2. The van der Waals surface area contributed by atoms with Crippen LogP contribution in [0.3, 0.4) is 0 Å². The maximum absolute atomic E-state index is 6.78. The Morgan fingerprint density at radius 2 is 1.75 bits per heavy atom. The lowest BCUT2D eigenvalue weighted by Gasteiger charge is -2.46. The second-order valence-corrected chi connectivity index (χ2v) is 6.34. The summed E-state index contributed by atoms with van der Waals surface area (Å²) >= 11 is 0. The summed E-state index contributed by atoms with van der Waals surface area (Å²) in [5.41, 5.74) is 10.9. The van der Waals surface area contributed by atoms with Crippen LogP contribution in [0.25, 0.3) is 0 Å². The van der Waals surface area contributed by atoms with E-state index in [1.54, 1.807) is 0 Å². The minimum atomic E-state index is 0.108. The van der Waals surface area contributed by atoms with Crippen molar-refractivity contribution in [3.63, 3.8) is 0 Å². The number of nitrogens with zero attached hydrogens (tertiary/aromatic N) is 1. The molecule has 1 aliphatic rings. The van der Waals surface area contributed by atoms with Gasteiger partial charge < -0.3 is 5.73 Å². The molecule has 2 N–H and O–H groups in total. The predicted octanol–water partition coefficient (Wildman–Crippen LogP) is 3.96. The van der Waals surface area contributed by atoms with Gasteiger partial charge in [0.2, 0.25) is 0 Å². The summed E-state index contributed by atoms with van der Waals surface area (Å²) in [6.07, 6.45) is 4.89. The molecule has 0 saturated carbocycles. The second-order valence-electron chi connectivity index (χ2n) is 6.34. The summed E-state index contributed by atoms with van der Waals surface area (Å²) in [5.74, 6) is 0. The van der Waals surface area contributed by atoms with E-state index >= 15 is 0 Å². The summed E-state index contributed by atoms with van der Waals surface area (Å²) in [5, 5.41) is 0. The molecule has 0 spiro atoms. The highest BCUT2D eigenvalue weighted by atomic mass is 15.2. The number of rotatable bonds is 5. The van der Waals surface area contributed by atoms with Crippen LogP contribution < -0.4 is 5.73 Å². The fourth-order valence-corrected chi connectivity index (χ4v) is 3.96. The molecule has 1 unspecified atom stereocenters. The van der Waals surface area contributed by atoms with E-state index < -0.39 is 0 Å². The van der Waals surface area contributed by atoms with Gasteiger partial charge in [-0.15, -0.1) is 0 Å². The molecular formula is C18H30N2. The van der Waals surface area contributed by atoms with Crippen molar-refractivity contribution in [1.82, 2.24) is 4.90 Å². The van der Waals surface area contributed by atoms with Gasteiger partial charge in [-0.2, -0.15) is 0 Å². The zero-order valence-corrected chi connectivity index (χ0v) is 13.6. The number of hydrogen-bond acceptors (Lipinski definition) is 2. The lowest BCUT2D eigenvalue weighted by molar-refractivity contribution is 0.0764. The molecule has 1 heterocycles. The highest BCUT2D eigenvalue weighted by molar-refractivity contribution is 5.34. The second kappa shape index (κ2) is 6.28. The average molecular weight is 274 g/mol. The predicted molar refractivity (Wildman–Crippen MR) is 87.0 cm³/mol. The van der Waals surface area contributed by atoms with Crippen molar-refractivity contribution in [2.24, 2.45) is 5.73 Å². The third kappa shape index (κ3) is 2.64. The number of nitrogens with two attached hydrogens (primary N) is 1. The molecule has 1 atom stereocenters. The molecule has 1 saturated heterocycles. The molecule has 0 radical (unpaired) electrons. The minimum Gasteiger partial charge on any atom is -0.322 e. The molecule has 2 heteroatoms. The average Bonchev–Trinajstić information content (AvgIpc) is 2.95. The first-order valence-corrected chi connectivity index (χ1v) is 8.13. The normalized spacial score (nSPS) is 18.4. The lowest BCUT2D eigenvalue weighted by atomic mass is 9.78. The van der Waals surface area contributed by atoms with Crippen LogP contribution in [0.2, 0.25) is 0 Å². The number of likely N-dealkylation sites (tertiary alicyclic amines) is 1. The van der Waals surface area contributed by atoms with Gasteiger partial charge in [0.15, 0.2) is 0 Å². The van der Waals surface area contributed by atoms with E-state index in [0.717, 1.165) is 12.8 Å². The molecule has 0 aromatic heterocycles. The SMILES string of the molecule is CCC(CC)(C(N)c1ccc(C)cc1C)N1CCCC1. The van der Waals surface area contributed by atoms with E-state index in [-0.39, 0.29) is 11.6 Å². The maximum Gasteiger partial charge on any atom is 0.0484 e. The molecule has 0 bridgehead atoms. The fourth-order valence-electron chi connectivity index (χ4n) is 3.96. The van der Waals surface area contributed by atoms with Crippen LogP contribution in [0.15, 0.2) is 18.2 Å². The zero-order chi connectivity index (χ0) is 14.8. The van der Waals surface area contributed by atoms with Crippen molar-refractivity contribution in [1.29, 1.82) is 0 Å². The third-order valence-electron chi connectivity index (χ3n) is 5.30. The van der Waals surface area contributed by atoms with Gasteiger partial charge >= 0.3 is 0 Å². The van der Waals surface area contributed by atoms with Crippen molar-refractivity contribution in [3.05, 3.63) is 34.9 Å². The summed E-state index contributed by atoms with van der Waals surface area (Å²) in [6.45, 7) is 11.4. The van der Waals surface area contributed by atoms with Crippen LogP contribution in [-0.2, 0) is 0 Å². The van der Waals surface area contributed by atoms with Crippen LogP contribution in [0.5, 0.6) is 0 Å². The van der Waals surface area contributed by atoms with Gasteiger partial charge in [-0.1, -0.05) is 37.6 Å². The zero-order valence-electron chi connectivity index (χ0n) is 13.6. The van der Waals surface area contributed by atoms with Crippen LogP contribution >= 0.6 is 0 Å². The molecule has 1 aliphatic heterocycles. The Bertz CT molecular complexity index is 443. The molecule has 1 aromatic carbocycles. The summed E-state index contributed by atoms with van der Waals surface area (Å²) in [7, 11) is 0. The summed E-state index contributed by atoms with van der Waals surface area (Å²) in [4.78, 5) is 2.65. The van der Waals surface area contributed by atoms with E-state index in [1.807, 2.05) is 0 Å². The quantitative estimate of drug-likeness (QED) is 0.880. The first kappa shape index (κ1) is 15.5. The molecule has 0 amide bonds. The van der Waals surface area contributed by atoms with Crippen molar-refractivity contribution < 1.29 is 0 Å². The van der Waals surface area contributed by atoms with Crippen molar-refractivity contribution >= 4 is 0 Å². The van der Waals surface area contributed by atoms with Crippen LogP contribution in [0.1, 0.15) is 62.3 Å². The van der Waals surface area contributed by atoms with Crippen molar-refractivity contribution in [2.75, 3.05) is 13.1 Å². The van der Waals surface area contributed by atoms with E-state index in [0.29, 0.717) is 0 Å². The van der Waals surface area contributed by atoms with Gasteiger partial charge in [0.25, 0.3) is 0 Å². The van der Waals surface area contributed by atoms with Crippen molar-refractivity contribution in [3.8, 4) is 0 Å². The molecule has 20 heavy (non-hydrogen) atoms. The standard InChI is InChI=1S/C18H30N2/c1-5-18(6-2,20-11-7-8-12-20)17(19)16-10-9-14(3)13-15(16)4/h9-10,13,17H,5-8,11-12,19H2,1-4H3. The summed E-state index contributed by atoms with van der Waals surface area (Å²) < 4.78 is 0. The third-order valence-corrected chi connectivity index (χ3v) is 5.30. The molecule has 2 rings (SSSR count). The fraction of sp³-hybridized carbons (Fsp3) is 0.667. The Morgan fingerprint density at radius 3 is 2.25 bits per heavy atom. The minimum absolute atomic E-state index is 0.108. The Hall–Kier alpha value is -0.860. The van der Waals surface area contributed by atoms with E-state index in [2.05, 4.69) is 50.8 Å². The topological polar surface area (TPSA) is 29.3 Å². The highest BCUT2D eigenvalue weighted by Crippen LogP contribution is 2.38. The Morgan fingerprint density at radius 1 is 1.15 bits per heavy atom.